The molecule has 0 radical (unpaired) electrons. The second-order valence-corrected chi connectivity index (χ2v) is 4.32. The summed E-state index contributed by atoms with van der Waals surface area (Å²) in [6.45, 7) is 4.66. The standard InChI is InChI=1S/C15H17F2NO/c1-3-11-6-8-14(19-11)15(18-4-2)10-5-7-12(16)13(17)9-10/h5-9,15,18H,3-4H2,1-2H3. The first-order valence-corrected chi connectivity index (χ1v) is 6.42. The molecular weight excluding hydrogens is 248 g/mol. The Bertz CT molecular complexity index is 551. The van der Waals surface area contributed by atoms with E-state index in [2.05, 4.69) is 5.32 Å². The molecule has 19 heavy (non-hydrogen) atoms. The van der Waals surface area contributed by atoms with Crippen LogP contribution in [0.4, 0.5) is 8.78 Å². The van der Waals surface area contributed by atoms with E-state index < -0.39 is 11.6 Å². The van der Waals surface area contributed by atoms with Crippen molar-refractivity contribution < 1.29 is 13.2 Å². The van der Waals surface area contributed by atoms with Crippen LogP contribution in [0.2, 0.25) is 0 Å². The molecule has 0 bridgehead atoms. The Morgan fingerprint density at radius 1 is 1.11 bits per heavy atom. The SMILES string of the molecule is CCNC(c1ccc(F)c(F)c1)c1ccc(CC)o1. The van der Waals surface area contributed by atoms with Gasteiger partial charge in [0.1, 0.15) is 11.5 Å². The van der Waals surface area contributed by atoms with Crippen LogP contribution in [0.25, 0.3) is 0 Å². The summed E-state index contributed by atoms with van der Waals surface area (Å²) in [5.74, 6) is -0.0967. The summed E-state index contributed by atoms with van der Waals surface area (Å²) in [5.41, 5.74) is 0.651. The molecule has 0 spiro atoms. The number of hydrogen-bond donors (Lipinski definition) is 1. The lowest BCUT2D eigenvalue weighted by Gasteiger charge is -2.16. The van der Waals surface area contributed by atoms with Crippen molar-refractivity contribution in [2.45, 2.75) is 26.3 Å². The highest BCUT2D eigenvalue weighted by Gasteiger charge is 2.18. The quantitative estimate of drug-likeness (QED) is 0.889. The molecule has 1 N–H and O–H groups in total. The Labute approximate surface area is 111 Å². The third kappa shape index (κ3) is 3.01. The van der Waals surface area contributed by atoms with Gasteiger partial charge in [-0.1, -0.05) is 19.9 Å². The molecule has 2 nitrogen and oxygen atoms in total. The average molecular weight is 265 g/mol. The van der Waals surface area contributed by atoms with E-state index in [0.29, 0.717) is 17.9 Å². The van der Waals surface area contributed by atoms with Gasteiger partial charge in [0, 0.05) is 6.42 Å². The first-order valence-electron chi connectivity index (χ1n) is 6.42. The third-order valence-electron chi connectivity index (χ3n) is 3.00. The van der Waals surface area contributed by atoms with Gasteiger partial charge in [-0.15, -0.1) is 0 Å². The lowest BCUT2D eigenvalue weighted by atomic mass is 10.0. The molecule has 2 aromatic rings. The molecule has 0 fully saturated rings. The zero-order valence-corrected chi connectivity index (χ0v) is 11.0. The molecule has 2 rings (SSSR count). The molecule has 4 heteroatoms. The van der Waals surface area contributed by atoms with Crippen molar-refractivity contribution in [2.75, 3.05) is 6.54 Å². The highest BCUT2D eigenvalue weighted by atomic mass is 19.2. The van der Waals surface area contributed by atoms with Gasteiger partial charge in [-0.25, -0.2) is 8.78 Å². The minimum absolute atomic E-state index is 0.264. The van der Waals surface area contributed by atoms with Gasteiger partial charge in [0.25, 0.3) is 0 Å². The second kappa shape index (κ2) is 5.97. The number of aryl methyl sites for hydroxylation is 1. The van der Waals surface area contributed by atoms with Crippen LogP contribution in [0, 0.1) is 11.6 Å². The van der Waals surface area contributed by atoms with E-state index in [4.69, 9.17) is 4.42 Å². The largest absolute Gasteiger partial charge is 0.464 e. The maximum atomic E-state index is 13.3. The van der Waals surface area contributed by atoms with E-state index in [9.17, 15) is 8.78 Å². The van der Waals surface area contributed by atoms with Gasteiger partial charge in [-0.2, -0.15) is 0 Å². The normalized spacial score (nSPS) is 12.6. The van der Waals surface area contributed by atoms with E-state index in [-0.39, 0.29) is 6.04 Å². The van der Waals surface area contributed by atoms with Crippen molar-refractivity contribution >= 4 is 0 Å². The Balaban J connectivity index is 2.35. The van der Waals surface area contributed by atoms with Gasteiger partial charge >= 0.3 is 0 Å². The van der Waals surface area contributed by atoms with Gasteiger partial charge in [0.15, 0.2) is 11.6 Å². The number of furan rings is 1. The van der Waals surface area contributed by atoms with Crippen molar-refractivity contribution in [3.63, 3.8) is 0 Å². The average Bonchev–Trinajstić information content (AvgIpc) is 2.88. The number of rotatable bonds is 5. The van der Waals surface area contributed by atoms with E-state index in [0.717, 1.165) is 18.2 Å². The van der Waals surface area contributed by atoms with E-state index in [1.807, 2.05) is 26.0 Å². The molecule has 1 aromatic heterocycles. The summed E-state index contributed by atoms with van der Waals surface area (Å²) >= 11 is 0. The molecule has 102 valence electrons. The van der Waals surface area contributed by atoms with Crippen LogP contribution in [0.1, 0.15) is 37.0 Å². The maximum absolute atomic E-state index is 13.3. The topological polar surface area (TPSA) is 25.2 Å². The third-order valence-corrected chi connectivity index (χ3v) is 3.00. The summed E-state index contributed by atoms with van der Waals surface area (Å²) < 4.78 is 32.0. The Morgan fingerprint density at radius 2 is 1.89 bits per heavy atom. The molecular formula is C15H17F2NO. The van der Waals surface area contributed by atoms with Crippen LogP contribution in [-0.2, 0) is 6.42 Å². The van der Waals surface area contributed by atoms with Gasteiger partial charge in [0.05, 0.1) is 6.04 Å². The smallest absolute Gasteiger partial charge is 0.159 e. The van der Waals surface area contributed by atoms with Crippen molar-refractivity contribution in [1.82, 2.24) is 5.32 Å². The summed E-state index contributed by atoms with van der Waals surface area (Å²) in [5, 5.41) is 3.22. The summed E-state index contributed by atoms with van der Waals surface area (Å²) in [6.07, 6.45) is 0.802. The molecule has 0 aliphatic heterocycles. The van der Waals surface area contributed by atoms with Gasteiger partial charge in [0.2, 0.25) is 0 Å². The van der Waals surface area contributed by atoms with Crippen LogP contribution in [-0.4, -0.2) is 6.54 Å². The molecule has 0 amide bonds. The molecule has 1 aromatic carbocycles. The van der Waals surface area contributed by atoms with Gasteiger partial charge < -0.3 is 9.73 Å². The lowest BCUT2D eigenvalue weighted by Crippen LogP contribution is -2.21. The Morgan fingerprint density at radius 3 is 2.47 bits per heavy atom. The summed E-state index contributed by atoms with van der Waals surface area (Å²) in [4.78, 5) is 0. The zero-order valence-electron chi connectivity index (χ0n) is 11.0. The molecule has 0 aliphatic carbocycles. The molecule has 0 aliphatic rings. The molecule has 0 saturated heterocycles. The molecule has 1 atom stereocenters. The summed E-state index contributed by atoms with van der Waals surface area (Å²) in [7, 11) is 0. The van der Waals surface area contributed by atoms with Crippen molar-refractivity contribution in [1.29, 1.82) is 0 Å². The fraction of sp³-hybridized carbons (Fsp3) is 0.333. The Hall–Kier alpha value is -1.68. The van der Waals surface area contributed by atoms with E-state index in [1.165, 1.54) is 6.07 Å². The summed E-state index contributed by atoms with van der Waals surface area (Å²) in [6, 6.07) is 7.42. The van der Waals surface area contributed by atoms with E-state index in [1.54, 1.807) is 6.07 Å². The number of hydrogen-bond acceptors (Lipinski definition) is 2. The van der Waals surface area contributed by atoms with Crippen molar-refractivity contribution in [3.05, 3.63) is 59.1 Å². The van der Waals surface area contributed by atoms with Crippen LogP contribution < -0.4 is 5.32 Å². The van der Waals surface area contributed by atoms with Gasteiger partial charge in [-0.3, -0.25) is 0 Å². The lowest BCUT2D eigenvalue weighted by molar-refractivity contribution is 0.423. The first-order chi connectivity index (χ1) is 9.15. The number of benzene rings is 1. The van der Waals surface area contributed by atoms with Crippen molar-refractivity contribution in [2.24, 2.45) is 0 Å². The van der Waals surface area contributed by atoms with Crippen LogP contribution in [0.3, 0.4) is 0 Å². The zero-order chi connectivity index (χ0) is 13.8. The predicted octanol–water partition coefficient (Wildman–Crippen LogP) is 3.82. The molecule has 1 heterocycles. The maximum Gasteiger partial charge on any atom is 0.159 e. The molecule has 1 unspecified atom stereocenters. The number of nitrogens with one attached hydrogen (secondary N) is 1. The fourth-order valence-electron chi connectivity index (χ4n) is 2.02. The van der Waals surface area contributed by atoms with Gasteiger partial charge in [-0.05, 0) is 36.4 Å². The Kier molecular flexibility index (Phi) is 4.32. The fourth-order valence-corrected chi connectivity index (χ4v) is 2.02. The van der Waals surface area contributed by atoms with Crippen LogP contribution in [0.15, 0.2) is 34.7 Å². The highest BCUT2D eigenvalue weighted by molar-refractivity contribution is 5.28. The highest BCUT2D eigenvalue weighted by Crippen LogP contribution is 2.25. The monoisotopic (exact) mass is 265 g/mol. The van der Waals surface area contributed by atoms with Crippen molar-refractivity contribution in [3.8, 4) is 0 Å². The van der Waals surface area contributed by atoms with Crippen LogP contribution in [0.5, 0.6) is 0 Å². The second-order valence-electron chi connectivity index (χ2n) is 4.32. The first kappa shape index (κ1) is 13.7. The predicted molar refractivity (Wildman–Crippen MR) is 70.0 cm³/mol. The number of halogens is 2. The minimum atomic E-state index is -0.845. The molecule has 0 saturated carbocycles. The minimum Gasteiger partial charge on any atom is -0.464 e. The van der Waals surface area contributed by atoms with E-state index >= 15 is 0 Å². The van der Waals surface area contributed by atoms with Crippen LogP contribution >= 0.6 is 0 Å².